The number of amides is 2. The molecule has 7 nitrogen and oxygen atoms in total. The van der Waals surface area contributed by atoms with Crippen molar-refractivity contribution < 1.29 is 4.79 Å². The molecule has 17 heavy (non-hydrogen) atoms. The number of hydrazone groups is 1. The van der Waals surface area contributed by atoms with Crippen molar-refractivity contribution in [3.8, 4) is 12.3 Å². The van der Waals surface area contributed by atoms with Crippen LogP contribution in [0, 0.1) is 17.8 Å². The molecule has 2 aliphatic rings. The number of urea groups is 1. The van der Waals surface area contributed by atoms with Crippen molar-refractivity contribution in [3.05, 3.63) is 0 Å². The number of hydrogen-bond acceptors (Lipinski definition) is 6. The standard InChI is InChI=1S/C9H10N6OS/c1-3-4-15-9(16)14-5-11-6(7(10)17-2)8(14)12-13-15/h1,10,13H,4-5H2,2H3. The van der Waals surface area contributed by atoms with Gasteiger partial charge in [-0.05, 0) is 6.26 Å². The van der Waals surface area contributed by atoms with Crippen LogP contribution in [-0.4, -0.2) is 52.0 Å². The molecule has 0 aromatic rings. The highest BCUT2D eigenvalue weighted by Crippen LogP contribution is 2.14. The van der Waals surface area contributed by atoms with Crippen molar-refractivity contribution >= 4 is 34.4 Å². The van der Waals surface area contributed by atoms with Gasteiger partial charge in [0.1, 0.15) is 24.0 Å². The second-order valence-corrected chi connectivity index (χ2v) is 4.03. The fourth-order valence-electron chi connectivity index (χ4n) is 1.43. The van der Waals surface area contributed by atoms with Crippen LogP contribution in [0.15, 0.2) is 10.1 Å². The third-order valence-corrected chi connectivity index (χ3v) is 2.85. The minimum absolute atomic E-state index is 0.126. The third kappa shape index (κ3) is 1.85. The second-order valence-electron chi connectivity index (χ2n) is 3.22. The van der Waals surface area contributed by atoms with Gasteiger partial charge in [-0.2, -0.15) is 0 Å². The average molecular weight is 250 g/mol. The Labute approximate surface area is 102 Å². The maximum absolute atomic E-state index is 11.9. The van der Waals surface area contributed by atoms with Crippen molar-refractivity contribution in [1.82, 2.24) is 15.4 Å². The lowest BCUT2D eigenvalue weighted by Crippen LogP contribution is -2.55. The van der Waals surface area contributed by atoms with E-state index in [-0.39, 0.29) is 24.3 Å². The number of nitrogens with one attached hydrogen (secondary N) is 2. The van der Waals surface area contributed by atoms with Gasteiger partial charge in [-0.3, -0.25) is 15.3 Å². The molecule has 2 aliphatic heterocycles. The maximum atomic E-state index is 11.9. The van der Waals surface area contributed by atoms with Crippen LogP contribution in [0.4, 0.5) is 4.79 Å². The summed E-state index contributed by atoms with van der Waals surface area (Å²) >= 11 is 1.25. The summed E-state index contributed by atoms with van der Waals surface area (Å²) in [5.74, 6) is 2.73. The molecule has 0 bridgehead atoms. The summed E-state index contributed by atoms with van der Waals surface area (Å²) in [6.07, 6.45) is 6.91. The minimum atomic E-state index is -0.305. The molecule has 0 saturated carbocycles. The summed E-state index contributed by atoms with van der Waals surface area (Å²) in [5.41, 5.74) is 2.98. The second kappa shape index (κ2) is 4.47. The average Bonchev–Trinajstić information content (AvgIpc) is 2.76. The first-order chi connectivity index (χ1) is 8.19. The van der Waals surface area contributed by atoms with Crippen LogP contribution in [0.25, 0.3) is 0 Å². The van der Waals surface area contributed by atoms with Gasteiger partial charge < -0.3 is 0 Å². The van der Waals surface area contributed by atoms with Crippen LogP contribution >= 0.6 is 11.8 Å². The molecule has 0 spiro atoms. The molecule has 0 unspecified atom stereocenters. The Balaban J connectivity index is 2.22. The van der Waals surface area contributed by atoms with Gasteiger partial charge in [0.15, 0.2) is 5.84 Å². The Morgan fingerprint density at radius 3 is 3.18 bits per heavy atom. The minimum Gasteiger partial charge on any atom is -0.292 e. The van der Waals surface area contributed by atoms with E-state index in [4.69, 9.17) is 11.8 Å². The van der Waals surface area contributed by atoms with Crippen LogP contribution in [0.3, 0.4) is 0 Å². The fourth-order valence-corrected chi connectivity index (χ4v) is 1.78. The van der Waals surface area contributed by atoms with Gasteiger partial charge in [0, 0.05) is 0 Å². The van der Waals surface area contributed by atoms with E-state index in [1.807, 2.05) is 0 Å². The number of rotatable bonds is 2. The number of amidine groups is 1. The first-order valence-electron chi connectivity index (χ1n) is 4.72. The van der Waals surface area contributed by atoms with Crippen molar-refractivity contribution in [2.24, 2.45) is 10.1 Å². The zero-order chi connectivity index (χ0) is 12.4. The number of terminal acetylenes is 1. The molecule has 0 radical (unpaired) electrons. The van der Waals surface area contributed by atoms with E-state index in [0.29, 0.717) is 11.5 Å². The van der Waals surface area contributed by atoms with Crippen LogP contribution in [0.5, 0.6) is 0 Å². The number of fused-ring (bicyclic) bond motifs is 1. The van der Waals surface area contributed by atoms with Gasteiger partial charge in [-0.25, -0.2) is 15.3 Å². The van der Waals surface area contributed by atoms with Gasteiger partial charge in [-0.15, -0.1) is 23.3 Å². The largest absolute Gasteiger partial charge is 0.348 e. The monoisotopic (exact) mass is 250 g/mol. The van der Waals surface area contributed by atoms with Crippen molar-refractivity contribution in [3.63, 3.8) is 0 Å². The SMILES string of the molecule is C#CCN1NN=C2C(C(=N)SC)=NCN2C1=O. The zero-order valence-corrected chi connectivity index (χ0v) is 9.91. The van der Waals surface area contributed by atoms with E-state index in [1.54, 1.807) is 6.26 Å². The number of carbonyl (C=O) groups is 1. The van der Waals surface area contributed by atoms with Gasteiger partial charge in [0.25, 0.3) is 0 Å². The van der Waals surface area contributed by atoms with Gasteiger partial charge in [0.2, 0.25) is 0 Å². The summed E-state index contributed by atoms with van der Waals surface area (Å²) in [6.45, 7) is 0.306. The number of hydrazine groups is 1. The highest BCUT2D eigenvalue weighted by atomic mass is 32.2. The normalized spacial score (nSPS) is 18.0. The highest BCUT2D eigenvalue weighted by Gasteiger charge is 2.36. The molecule has 0 fully saturated rings. The number of aliphatic imine (C=N–C) groups is 1. The molecule has 2 rings (SSSR count). The summed E-state index contributed by atoms with van der Waals surface area (Å²) < 4.78 is 0. The predicted molar refractivity (Wildman–Crippen MR) is 66.9 cm³/mol. The van der Waals surface area contributed by atoms with E-state index < -0.39 is 0 Å². The molecule has 88 valence electrons. The lowest BCUT2D eigenvalue weighted by molar-refractivity contribution is 0.151. The van der Waals surface area contributed by atoms with E-state index in [0.717, 1.165) is 0 Å². The van der Waals surface area contributed by atoms with Gasteiger partial charge >= 0.3 is 6.03 Å². The van der Waals surface area contributed by atoms with Gasteiger partial charge in [0.05, 0.1) is 0 Å². The Morgan fingerprint density at radius 1 is 1.76 bits per heavy atom. The molecule has 0 saturated heterocycles. The van der Waals surface area contributed by atoms with Crippen LogP contribution in [0.1, 0.15) is 0 Å². The third-order valence-electron chi connectivity index (χ3n) is 2.24. The van der Waals surface area contributed by atoms with Crippen molar-refractivity contribution in [1.29, 1.82) is 5.41 Å². The fraction of sp³-hybridized carbons (Fsp3) is 0.333. The molecule has 0 atom stereocenters. The predicted octanol–water partition coefficient (Wildman–Crippen LogP) is -0.0723. The summed E-state index contributed by atoms with van der Waals surface area (Å²) in [4.78, 5) is 17.4. The van der Waals surface area contributed by atoms with Crippen molar-refractivity contribution in [2.75, 3.05) is 19.5 Å². The quantitative estimate of drug-likeness (QED) is 0.408. The number of hydrogen-bond donors (Lipinski definition) is 2. The molecule has 2 N–H and O–H groups in total. The Hall–Kier alpha value is -2.01. The number of carbonyl (C=O) groups excluding carboxylic acids is 1. The van der Waals surface area contributed by atoms with E-state index in [1.165, 1.54) is 21.7 Å². The highest BCUT2D eigenvalue weighted by molar-refractivity contribution is 8.15. The first-order valence-corrected chi connectivity index (χ1v) is 5.95. The first kappa shape index (κ1) is 11.5. The molecule has 2 heterocycles. The maximum Gasteiger partial charge on any atom is 0.348 e. The Bertz CT molecular complexity index is 476. The van der Waals surface area contributed by atoms with Crippen LogP contribution in [-0.2, 0) is 0 Å². The van der Waals surface area contributed by atoms with E-state index in [2.05, 4.69) is 21.5 Å². The van der Waals surface area contributed by atoms with Crippen LogP contribution < -0.4 is 5.53 Å². The molecular formula is C9H10N6OS. The molecule has 8 heteroatoms. The lowest BCUT2D eigenvalue weighted by Gasteiger charge is -2.29. The number of thioether (sulfide) groups is 1. The van der Waals surface area contributed by atoms with Gasteiger partial charge in [-0.1, -0.05) is 5.92 Å². The van der Waals surface area contributed by atoms with E-state index >= 15 is 0 Å². The summed E-state index contributed by atoms with van der Waals surface area (Å²) in [6, 6.07) is -0.305. The number of nitrogens with zero attached hydrogens (tertiary/aromatic N) is 4. The van der Waals surface area contributed by atoms with Crippen LogP contribution in [0.2, 0.25) is 0 Å². The molecule has 0 aromatic heterocycles. The smallest absolute Gasteiger partial charge is 0.292 e. The lowest BCUT2D eigenvalue weighted by atomic mass is 10.3. The summed E-state index contributed by atoms with van der Waals surface area (Å²) in [5, 5.41) is 13.2. The molecule has 0 aliphatic carbocycles. The molecule has 2 amide bonds. The molecule has 0 aromatic carbocycles. The Kier molecular flexibility index (Phi) is 3.01. The van der Waals surface area contributed by atoms with E-state index in [9.17, 15) is 4.79 Å². The summed E-state index contributed by atoms with van der Waals surface area (Å²) in [7, 11) is 0. The zero-order valence-electron chi connectivity index (χ0n) is 9.10. The topological polar surface area (TPSA) is 84.2 Å². The molecular weight excluding hydrogens is 240 g/mol. The van der Waals surface area contributed by atoms with Crippen molar-refractivity contribution in [2.45, 2.75) is 0 Å². The Morgan fingerprint density at radius 2 is 2.53 bits per heavy atom.